The molecule has 0 amide bonds. The molecule has 0 spiro atoms. The lowest BCUT2D eigenvalue weighted by Gasteiger charge is -2.41. The molecule has 2 fully saturated rings. The van der Waals surface area contributed by atoms with Gasteiger partial charge in [-0.05, 0) is 26.7 Å². The van der Waals surface area contributed by atoms with Crippen molar-refractivity contribution in [2.45, 2.75) is 51.2 Å². The Morgan fingerprint density at radius 3 is 3.00 bits per heavy atom. The van der Waals surface area contributed by atoms with E-state index in [9.17, 15) is 0 Å². The third-order valence-electron chi connectivity index (χ3n) is 3.35. The molecule has 0 radical (unpaired) electrons. The number of nitrogens with one attached hydrogen (secondary N) is 1. The fraction of sp³-hybridized carbons (Fsp3) is 1.00. The van der Waals surface area contributed by atoms with Crippen LogP contribution in [0.25, 0.3) is 0 Å². The molecule has 1 heterocycles. The first kappa shape index (κ1) is 8.52. The minimum atomic E-state index is 0. The van der Waals surface area contributed by atoms with Crippen LogP contribution in [0.2, 0.25) is 0 Å². The van der Waals surface area contributed by atoms with Gasteiger partial charge < -0.3 is 5.32 Å². The Morgan fingerprint density at radius 2 is 2.25 bits per heavy atom. The highest BCUT2D eigenvalue weighted by molar-refractivity contribution is 4.94. The maximum Gasteiger partial charge on any atom is 0.0252 e. The highest BCUT2D eigenvalue weighted by Crippen LogP contribution is 2.27. The van der Waals surface area contributed by atoms with Gasteiger partial charge in [0.1, 0.15) is 0 Å². The van der Waals surface area contributed by atoms with Crippen molar-refractivity contribution in [3.8, 4) is 0 Å². The summed E-state index contributed by atoms with van der Waals surface area (Å²) in [6, 6.07) is 2.39. The summed E-state index contributed by atoms with van der Waals surface area (Å²) in [4.78, 5) is 2.67. The molecule has 2 heteroatoms. The van der Waals surface area contributed by atoms with Gasteiger partial charge in [-0.25, -0.2) is 0 Å². The van der Waals surface area contributed by atoms with Crippen LogP contribution in [0.5, 0.6) is 0 Å². The Balaban J connectivity index is 0.000000845. The fourth-order valence-electron chi connectivity index (χ4n) is 2.76. The van der Waals surface area contributed by atoms with Crippen LogP contribution < -0.4 is 5.32 Å². The molecule has 2 rings (SSSR count). The minimum Gasteiger partial charge on any atom is -0.311 e. The molecule has 72 valence electrons. The van der Waals surface area contributed by atoms with Crippen molar-refractivity contribution >= 4 is 0 Å². The summed E-state index contributed by atoms with van der Waals surface area (Å²) in [6.07, 6.45) is 4.23. The minimum absolute atomic E-state index is 0. The topological polar surface area (TPSA) is 15.3 Å². The van der Waals surface area contributed by atoms with E-state index in [1.807, 2.05) is 0 Å². The number of piperazine rings is 1. The summed E-state index contributed by atoms with van der Waals surface area (Å²) >= 11 is 0. The standard InChI is InChI=1S/C10H20N2.H2/c1-8(2)12-7-6-11-9-4-3-5-10(9)12;/h8-11H,3-7H2,1-2H3;1H. The van der Waals surface area contributed by atoms with Crippen LogP contribution in [0.15, 0.2) is 0 Å². The molecule has 0 aromatic carbocycles. The van der Waals surface area contributed by atoms with Crippen LogP contribution in [0.1, 0.15) is 34.5 Å². The maximum absolute atomic E-state index is 3.62. The molecule has 1 aliphatic heterocycles. The summed E-state index contributed by atoms with van der Waals surface area (Å²) in [5.74, 6) is 0. The van der Waals surface area contributed by atoms with E-state index in [2.05, 4.69) is 24.1 Å². The smallest absolute Gasteiger partial charge is 0.0252 e. The second-order valence-corrected chi connectivity index (χ2v) is 4.39. The van der Waals surface area contributed by atoms with E-state index in [1.54, 1.807) is 0 Å². The van der Waals surface area contributed by atoms with Gasteiger partial charge in [0.2, 0.25) is 0 Å². The van der Waals surface area contributed by atoms with Crippen molar-refractivity contribution in [3.05, 3.63) is 0 Å². The fourth-order valence-corrected chi connectivity index (χ4v) is 2.76. The molecule has 2 unspecified atom stereocenters. The van der Waals surface area contributed by atoms with E-state index >= 15 is 0 Å². The van der Waals surface area contributed by atoms with E-state index in [4.69, 9.17) is 0 Å². The quantitative estimate of drug-likeness (QED) is 0.641. The van der Waals surface area contributed by atoms with Crippen molar-refractivity contribution in [2.75, 3.05) is 13.1 Å². The van der Waals surface area contributed by atoms with Crippen LogP contribution in [0.3, 0.4) is 0 Å². The molecule has 1 saturated carbocycles. The predicted molar refractivity (Wildman–Crippen MR) is 53.4 cm³/mol. The number of hydrogen-bond donors (Lipinski definition) is 1. The van der Waals surface area contributed by atoms with Crippen molar-refractivity contribution in [1.29, 1.82) is 0 Å². The van der Waals surface area contributed by atoms with Crippen LogP contribution in [-0.4, -0.2) is 36.1 Å². The second kappa shape index (κ2) is 3.35. The normalized spacial score (nSPS) is 37.2. The highest BCUT2D eigenvalue weighted by atomic mass is 15.3. The van der Waals surface area contributed by atoms with Gasteiger partial charge in [0.25, 0.3) is 0 Å². The molecule has 2 atom stereocenters. The molecule has 1 saturated heterocycles. The zero-order valence-electron chi connectivity index (χ0n) is 8.21. The van der Waals surface area contributed by atoms with Crippen LogP contribution in [-0.2, 0) is 0 Å². The van der Waals surface area contributed by atoms with Gasteiger partial charge >= 0.3 is 0 Å². The average molecular weight is 170 g/mol. The maximum atomic E-state index is 3.62. The zero-order valence-corrected chi connectivity index (χ0v) is 8.21. The van der Waals surface area contributed by atoms with Crippen molar-refractivity contribution in [2.24, 2.45) is 0 Å². The molecule has 0 bridgehead atoms. The highest BCUT2D eigenvalue weighted by Gasteiger charge is 2.35. The first-order chi connectivity index (χ1) is 5.79. The van der Waals surface area contributed by atoms with Gasteiger partial charge in [-0.1, -0.05) is 6.42 Å². The van der Waals surface area contributed by atoms with Gasteiger partial charge in [0.05, 0.1) is 0 Å². The summed E-state index contributed by atoms with van der Waals surface area (Å²) in [6.45, 7) is 7.08. The molecule has 1 N–H and O–H groups in total. The van der Waals surface area contributed by atoms with E-state index in [-0.39, 0.29) is 1.43 Å². The first-order valence-corrected chi connectivity index (χ1v) is 5.28. The number of fused-ring (bicyclic) bond motifs is 1. The average Bonchev–Trinajstić information content (AvgIpc) is 2.49. The van der Waals surface area contributed by atoms with Crippen molar-refractivity contribution in [3.63, 3.8) is 0 Å². The Bertz CT molecular complexity index is 161. The summed E-state index contributed by atoms with van der Waals surface area (Å²) in [7, 11) is 0. The van der Waals surface area contributed by atoms with Gasteiger partial charge in [0, 0.05) is 32.6 Å². The molecular formula is C10H22N2. The van der Waals surface area contributed by atoms with Crippen molar-refractivity contribution in [1.82, 2.24) is 10.2 Å². The molecule has 1 aliphatic carbocycles. The first-order valence-electron chi connectivity index (χ1n) is 5.28. The van der Waals surface area contributed by atoms with Gasteiger partial charge in [-0.15, -0.1) is 0 Å². The molecule has 2 nitrogen and oxygen atoms in total. The van der Waals surface area contributed by atoms with E-state index in [0.717, 1.165) is 18.1 Å². The number of rotatable bonds is 1. The summed E-state index contributed by atoms with van der Waals surface area (Å²) < 4.78 is 0. The van der Waals surface area contributed by atoms with E-state index in [1.165, 1.54) is 32.4 Å². The predicted octanol–water partition coefficient (Wildman–Crippen LogP) is 1.47. The third kappa shape index (κ3) is 1.38. The monoisotopic (exact) mass is 170 g/mol. The third-order valence-corrected chi connectivity index (χ3v) is 3.35. The van der Waals surface area contributed by atoms with Crippen LogP contribution in [0, 0.1) is 0 Å². The number of nitrogens with zero attached hydrogens (tertiary/aromatic N) is 1. The van der Waals surface area contributed by atoms with Gasteiger partial charge in [0.15, 0.2) is 0 Å². The lowest BCUT2D eigenvalue weighted by molar-refractivity contribution is 0.103. The van der Waals surface area contributed by atoms with Crippen molar-refractivity contribution < 1.29 is 1.43 Å². The Labute approximate surface area is 76.8 Å². The largest absolute Gasteiger partial charge is 0.311 e. The summed E-state index contributed by atoms with van der Waals surface area (Å²) in [5.41, 5.74) is 0. The van der Waals surface area contributed by atoms with Gasteiger partial charge in [-0.2, -0.15) is 0 Å². The molecule has 0 aromatic rings. The molecule has 12 heavy (non-hydrogen) atoms. The molecule has 0 aromatic heterocycles. The van der Waals surface area contributed by atoms with Crippen LogP contribution in [0.4, 0.5) is 0 Å². The van der Waals surface area contributed by atoms with E-state index in [0.29, 0.717) is 0 Å². The number of hydrogen-bond acceptors (Lipinski definition) is 2. The SMILES string of the molecule is CC(C)N1CCNC2CCCC21.[HH]. The van der Waals surface area contributed by atoms with Gasteiger partial charge in [-0.3, -0.25) is 4.90 Å². The lowest BCUT2D eigenvalue weighted by Crippen LogP contribution is -2.57. The van der Waals surface area contributed by atoms with E-state index < -0.39 is 0 Å². The molecule has 2 aliphatic rings. The second-order valence-electron chi connectivity index (χ2n) is 4.39. The Kier molecular flexibility index (Phi) is 2.37. The Hall–Kier alpha value is -0.0800. The van der Waals surface area contributed by atoms with Crippen LogP contribution >= 0.6 is 0 Å². The lowest BCUT2D eigenvalue weighted by atomic mass is 10.1. The summed E-state index contributed by atoms with van der Waals surface area (Å²) in [5, 5.41) is 3.62. The Morgan fingerprint density at radius 1 is 1.42 bits per heavy atom. The molecular weight excluding hydrogens is 148 g/mol. The zero-order chi connectivity index (χ0) is 8.55.